The third kappa shape index (κ3) is 5.77. The van der Waals surface area contributed by atoms with Crippen LogP contribution in [0.1, 0.15) is 35.1 Å². The summed E-state index contributed by atoms with van der Waals surface area (Å²) in [6.07, 6.45) is 5.38. The smallest absolute Gasteiger partial charge is 0.266 e. The minimum atomic E-state index is -0.0364. The topological polar surface area (TPSA) is 36.4 Å². The second-order valence-corrected chi connectivity index (χ2v) is 12.1. The van der Waals surface area contributed by atoms with E-state index in [4.69, 9.17) is 17.2 Å². The van der Waals surface area contributed by atoms with E-state index < -0.39 is 0 Å². The van der Waals surface area contributed by atoms with Crippen LogP contribution in [0.15, 0.2) is 89.8 Å². The molecule has 0 N–H and O–H groups in total. The highest BCUT2D eigenvalue weighted by atomic mass is 32.2. The third-order valence-electron chi connectivity index (χ3n) is 7.60. The highest BCUT2D eigenvalue weighted by molar-refractivity contribution is 8.26. The van der Waals surface area contributed by atoms with Crippen molar-refractivity contribution in [3.05, 3.63) is 112 Å². The Labute approximate surface area is 239 Å². The Kier molecular flexibility index (Phi) is 7.49. The third-order valence-corrected chi connectivity index (χ3v) is 8.98. The molecule has 1 aromatic heterocycles. The summed E-state index contributed by atoms with van der Waals surface area (Å²) < 4.78 is 0.600. The fraction of sp³-hybridized carbons (Fsp3) is 0.242. The Balaban J connectivity index is 1.28. The molecule has 2 aliphatic rings. The normalized spacial score (nSPS) is 17.5. The highest BCUT2D eigenvalue weighted by Crippen LogP contribution is 2.37. The van der Waals surface area contributed by atoms with Crippen molar-refractivity contribution in [2.24, 2.45) is 5.92 Å². The number of nitrogens with zero attached hydrogens (tertiary/aromatic N) is 3. The number of pyridine rings is 1. The summed E-state index contributed by atoms with van der Waals surface area (Å²) in [6, 6.07) is 29.3. The number of thioether (sulfide) groups is 1. The first-order valence-electron chi connectivity index (χ1n) is 13.5. The average molecular weight is 550 g/mol. The largest absolute Gasteiger partial charge is 0.356 e. The van der Waals surface area contributed by atoms with Crippen molar-refractivity contribution in [3.63, 3.8) is 0 Å². The van der Waals surface area contributed by atoms with Gasteiger partial charge >= 0.3 is 0 Å². The predicted octanol–water partition coefficient (Wildman–Crippen LogP) is 7.40. The molecule has 2 aliphatic heterocycles. The van der Waals surface area contributed by atoms with Crippen molar-refractivity contribution in [2.45, 2.75) is 32.7 Å². The quantitative estimate of drug-likeness (QED) is 0.185. The van der Waals surface area contributed by atoms with Gasteiger partial charge in [-0.15, -0.1) is 0 Å². The lowest BCUT2D eigenvalue weighted by molar-refractivity contribution is -0.122. The Hall–Kier alpha value is -3.48. The van der Waals surface area contributed by atoms with Gasteiger partial charge in [-0.1, -0.05) is 96.3 Å². The standard InChI is InChI=1S/C33H31N3OS2/c1-23-12-13-29-27(18-23)20-28(21-30-32(37)36(33(38)39-30)22-26-10-6-3-7-11-26)31(34-29)35-16-14-25(15-17-35)19-24-8-4-2-5-9-24/h2-13,18,20-21,25H,14-17,19,22H2,1H3/b30-21-. The SMILES string of the molecule is Cc1ccc2nc(N3CCC(Cc4ccccc4)CC3)c(/C=C3\SC(=S)N(Cc4ccccc4)C3=O)cc2c1. The number of carbonyl (C=O) groups excluding carboxylic acids is 1. The van der Waals surface area contributed by atoms with Crippen LogP contribution < -0.4 is 4.90 Å². The molecule has 6 rings (SSSR count). The average Bonchev–Trinajstić information content (AvgIpc) is 3.21. The number of rotatable bonds is 6. The number of amides is 1. The fourth-order valence-corrected chi connectivity index (χ4v) is 6.75. The number of fused-ring (bicyclic) bond motifs is 1. The summed E-state index contributed by atoms with van der Waals surface area (Å²) in [4.78, 5) is 23.4. The van der Waals surface area contributed by atoms with Crippen molar-refractivity contribution in [1.82, 2.24) is 9.88 Å². The van der Waals surface area contributed by atoms with E-state index >= 15 is 0 Å². The van der Waals surface area contributed by atoms with Gasteiger partial charge in [0, 0.05) is 24.0 Å². The molecule has 3 aromatic carbocycles. The van der Waals surface area contributed by atoms with Crippen LogP contribution in [-0.2, 0) is 17.8 Å². The molecule has 6 heteroatoms. The number of benzene rings is 3. The van der Waals surface area contributed by atoms with E-state index in [1.54, 1.807) is 4.90 Å². The molecule has 0 aliphatic carbocycles. The summed E-state index contributed by atoms with van der Waals surface area (Å²) in [5.74, 6) is 1.59. The molecule has 2 saturated heterocycles. The Morgan fingerprint density at radius 3 is 2.36 bits per heavy atom. The Bertz CT molecular complexity index is 1540. The minimum absolute atomic E-state index is 0.0364. The van der Waals surface area contributed by atoms with E-state index in [9.17, 15) is 4.79 Å². The molecule has 4 nitrogen and oxygen atoms in total. The van der Waals surface area contributed by atoms with Crippen LogP contribution in [0.3, 0.4) is 0 Å². The summed E-state index contributed by atoms with van der Waals surface area (Å²) in [5, 5.41) is 1.09. The summed E-state index contributed by atoms with van der Waals surface area (Å²) in [5.41, 5.74) is 5.63. The van der Waals surface area contributed by atoms with Crippen LogP contribution in [-0.4, -0.2) is 33.2 Å². The lowest BCUT2D eigenvalue weighted by atomic mass is 9.90. The van der Waals surface area contributed by atoms with Gasteiger partial charge in [0.05, 0.1) is 17.0 Å². The van der Waals surface area contributed by atoms with Crippen molar-refractivity contribution < 1.29 is 4.79 Å². The maximum atomic E-state index is 13.5. The first-order valence-corrected chi connectivity index (χ1v) is 14.8. The number of anilines is 1. The minimum Gasteiger partial charge on any atom is -0.356 e. The van der Waals surface area contributed by atoms with Crippen LogP contribution >= 0.6 is 24.0 Å². The molecular formula is C33H31N3OS2. The van der Waals surface area contributed by atoms with E-state index in [1.165, 1.54) is 22.9 Å². The zero-order chi connectivity index (χ0) is 26.8. The van der Waals surface area contributed by atoms with Gasteiger partial charge in [-0.3, -0.25) is 9.69 Å². The van der Waals surface area contributed by atoms with Crippen LogP contribution in [0, 0.1) is 12.8 Å². The second-order valence-electron chi connectivity index (χ2n) is 10.5. The van der Waals surface area contributed by atoms with E-state index in [0.717, 1.165) is 60.2 Å². The van der Waals surface area contributed by atoms with Gasteiger partial charge in [-0.2, -0.15) is 0 Å². The van der Waals surface area contributed by atoms with E-state index in [0.29, 0.717) is 21.7 Å². The van der Waals surface area contributed by atoms with Gasteiger partial charge in [0.1, 0.15) is 10.1 Å². The molecule has 0 bridgehead atoms. The van der Waals surface area contributed by atoms with Gasteiger partial charge in [0.15, 0.2) is 0 Å². The summed E-state index contributed by atoms with van der Waals surface area (Å²) in [6.45, 7) is 4.49. The number of hydrogen-bond donors (Lipinski definition) is 0. The zero-order valence-corrected chi connectivity index (χ0v) is 23.7. The molecular weight excluding hydrogens is 519 g/mol. The second kappa shape index (κ2) is 11.3. The molecule has 39 heavy (non-hydrogen) atoms. The zero-order valence-electron chi connectivity index (χ0n) is 22.0. The number of piperidine rings is 1. The fourth-order valence-electron chi connectivity index (χ4n) is 5.50. The molecule has 3 heterocycles. The molecule has 0 radical (unpaired) electrons. The van der Waals surface area contributed by atoms with Crippen LogP contribution in [0.4, 0.5) is 5.82 Å². The molecule has 0 saturated carbocycles. The van der Waals surface area contributed by atoms with Crippen molar-refractivity contribution >= 4 is 57.0 Å². The van der Waals surface area contributed by atoms with E-state index in [2.05, 4.69) is 66.4 Å². The maximum absolute atomic E-state index is 13.5. The van der Waals surface area contributed by atoms with Gasteiger partial charge < -0.3 is 4.90 Å². The van der Waals surface area contributed by atoms with Crippen LogP contribution in [0.5, 0.6) is 0 Å². The molecule has 0 unspecified atom stereocenters. The van der Waals surface area contributed by atoms with Gasteiger partial charge in [0.2, 0.25) is 0 Å². The van der Waals surface area contributed by atoms with Crippen molar-refractivity contribution in [3.8, 4) is 0 Å². The number of thiocarbonyl (C=S) groups is 1. The Morgan fingerprint density at radius 1 is 0.949 bits per heavy atom. The first-order chi connectivity index (χ1) is 19.0. The molecule has 2 fully saturated rings. The first kappa shape index (κ1) is 25.8. The molecule has 1 amide bonds. The van der Waals surface area contributed by atoms with Crippen LogP contribution in [0.25, 0.3) is 17.0 Å². The molecule has 196 valence electrons. The molecule has 4 aromatic rings. The predicted molar refractivity (Wildman–Crippen MR) is 167 cm³/mol. The maximum Gasteiger partial charge on any atom is 0.266 e. The van der Waals surface area contributed by atoms with Crippen LogP contribution in [0.2, 0.25) is 0 Å². The van der Waals surface area contributed by atoms with Crippen molar-refractivity contribution in [1.29, 1.82) is 0 Å². The molecule has 0 atom stereocenters. The summed E-state index contributed by atoms with van der Waals surface area (Å²) in [7, 11) is 0. The van der Waals surface area contributed by atoms with E-state index in [1.807, 2.05) is 36.4 Å². The number of aryl methyl sites for hydroxylation is 1. The van der Waals surface area contributed by atoms with Gasteiger partial charge in [0.25, 0.3) is 5.91 Å². The monoisotopic (exact) mass is 549 g/mol. The van der Waals surface area contributed by atoms with Gasteiger partial charge in [-0.05, 0) is 67.5 Å². The van der Waals surface area contributed by atoms with E-state index in [-0.39, 0.29) is 5.91 Å². The Morgan fingerprint density at radius 2 is 1.64 bits per heavy atom. The number of hydrogen-bond acceptors (Lipinski definition) is 5. The highest BCUT2D eigenvalue weighted by Gasteiger charge is 2.32. The number of carbonyl (C=O) groups is 1. The van der Waals surface area contributed by atoms with Crippen molar-refractivity contribution in [2.75, 3.05) is 18.0 Å². The molecule has 0 spiro atoms. The lowest BCUT2D eigenvalue weighted by Crippen LogP contribution is -2.35. The van der Waals surface area contributed by atoms with Gasteiger partial charge in [-0.25, -0.2) is 4.98 Å². The summed E-state index contributed by atoms with van der Waals surface area (Å²) >= 11 is 7.01. The number of aromatic nitrogens is 1. The lowest BCUT2D eigenvalue weighted by Gasteiger charge is -2.34.